The number of nitrogens with zero attached hydrogens (tertiary/aromatic N) is 2. The van der Waals surface area contributed by atoms with Gasteiger partial charge in [0.15, 0.2) is 0 Å². The Morgan fingerprint density at radius 3 is 1.30 bits per heavy atom. The largest absolute Gasteiger partial charge is 0.345 e. The Labute approximate surface area is 157 Å². The van der Waals surface area contributed by atoms with Crippen molar-refractivity contribution in [2.45, 2.75) is 25.7 Å². The van der Waals surface area contributed by atoms with Crippen LogP contribution in [0.3, 0.4) is 0 Å². The standard InChI is InChI=1S/C10H28N2O11P4/c13-24(14)7-11(8-25(15,16)17)5-3-1-2-4-6-12(9-26(18,19)20)10-27(21,22)23/h24H,1-10H2,(H,13,14)(H2,15,16,17)(H2,18,19,20)(H2,21,22,23). The van der Waals surface area contributed by atoms with Crippen LogP contribution >= 0.6 is 30.8 Å². The van der Waals surface area contributed by atoms with Crippen LogP contribution in [0.4, 0.5) is 0 Å². The molecule has 0 rings (SSSR count). The molecule has 0 amide bonds. The van der Waals surface area contributed by atoms with E-state index in [1.807, 2.05) is 0 Å². The summed E-state index contributed by atoms with van der Waals surface area (Å²) in [6.45, 7) is 0.253. The van der Waals surface area contributed by atoms with Crippen molar-refractivity contribution in [1.29, 1.82) is 0 Å². The van der Waals surface area contributed by atoms with Crippen LogP contribution in [0, 0.1) is 0 Å². The summed E-state index contributed by atoms with van der Waals surface area (Å²) < 4.78 is 44.0. The first-order chi connectivity index (χ1) is 12.1. The van der Waals surface area contributed by atoms with E-state index in [4.69, 9.17) is 34.3 Å². The first kappa shape index (κ1) is 27.6. The lowest BCUT2D eigenvalue weighted by Gasteiger charge is -2.23. The number of hydrogen-bond donors (Lipinski definition) is 7. The topological polar surface area (TPSA) is 216 Å². The van der Waals surface area contributed by atoms with Crippen molar-refractivity contribution >= 4 is 30.8 Å². The summed E-state index contributed by atoms with van der Waals surface area (Å²) in [5.41, 5.74) is 0. The third kappa shape index (κ3) is 19.6. The lowest BCUT2D eigenvalue weighted by molar-refractivity contribution is 0.269. The summed E-state index contributed by atoms with van der Waals surface area (Å²) in [4.78, 5) is 64.9. The van der Waals surface area contributed by atoms with Gasteiger partial charge in [-0.2, -0.15) is 0 Å². The van der Waals surface area contributed by atoms with E-state index in [0.717, 1.165) is 4.90 Å². The van der Waals surface area contributed by atoms with Crippen LogP contribution in [-0.2, 0) is 18.3 Å². The third-order valence-electron chi connectivity index (χ3n) is 3.21. The Balaban J connectivity index is 4.31. The zero-order valence-corrected chi connectivity index (χ0v) is 18.3. The molecule has 0 aromatic carbocycles. The van der Waals surface area contributed by atoms with E-state index < -0.39 is 49.7 Å². The van der Waals surface area contributed by atoms with E-state index in [2.05, 4.69) is 0 Å². The highest BCUT2D eigenvalue weighted by Gasteiger charge is 2.25. The van der Waals surface area contributed by atoms with Gasteiger partial charge < -0.3 is 34.3 Å². The van der Waals surface area contributed by atoms with Crippen molar-refractivity contribution in [2.24, 2.45) is 0 Å². The molecule has 13 nitrogen and oxygen atoms in total. The maximum Gasteiger partial charge on any atom is 0.339 e. The van der Waals surface area contributed by atoms with Crippen LogP contribution in [0.1, 0.15) is 25.7 Å². The van der Waals surface area contributed by atoms with Gasteiger partial charge in [0, 0.05) is 0 Å². The molecule has 0 bridgehead atoms. The second-order valence-corrected chi connectivity index (χ2v) is 12.1. The summed E-state index contributed by atoms with van der Waals surface area (Å²) in [6.07, 6.45) is -0.518. The maximum atomic E-state index is 11.0. The maximum absolute atomic E-state index is 11.0. The molecule has 0 fully saturated rings. The smallest absolute Gasteiger partial charge is 0.339 e. The molecular formula is C10H28N2O11P4. The number of hydrogen-bond acceptors (Lipinski definition) is 6. The van der Waals surface area contributed by atoms with E-state index in [1.54, 1.807) is 0 Å². The fraction of sp³-hybridized carbons (Fsp3) is 1.00. The fourth-order valence-electron chi connectivity index (χ4n) is 2.38. The molecule has 0 radical (unpaired) electrons. The van der Waals surface area contributed by atoms with Crippen molar-refractivity contribution in [3.63, 3.8) is 0 Å². The third-order valence-corrected chi connectivity index (χ3v) is 6.23. The zero-order valence-electron chi connectivity index (χ0n) is 14.6. The van der Waals surface area contributed by atoms with Crippen molar-refractivity contribution in [3.05, 3.63) is 0 Å². The van der Waals surface area contributed by atoms with Crippen LogP contribution in [0.5, 0.6) is 0 Å². The Morgan fingerprint density at radius 2 is 0.963 bits per heavy atom. The van der Waals surface area contributed by atoms with Gasteiger partial charge in [0.25, 0.3) is 0 Å². The Morgan fingerprint density at radius 1 is 0.630 bits per heavy atom. The Hall–Kier alpha value is 0.560. The van der Waals surface area contributed by atoms with Gasteiger partial charge in [0.1, 0.15) is 18.9 Å². The predicted molar refractivity (Wildman–Crippen MR) is 98.7 cm³/mol. The van der Waals surface area contributed by atoms with Gasteiger partial charge in [0.2, 0.25) is 8.03 Å². The highest BCUT2D eigenvalue weighted by Crippen LogP contribution is 2.41. The van der Waals surface area contributed by atoms with E-state index in [9.17, 15) is 18.3 Å². The minimum absolute atomic E-state index is 0.0623. The second kappa shape index (κ2) is 12.3. The van der Waals surface area contributed by atoms with Crippen molar-refractivity contribution in [3.8, 4) is 0 Å². The molecule has 7 N–H and O–H groups in total. The van der Waals surface area contributed by atoms with Gasteiger partial charge in [-0.05, 0) is 25.9 Å². The van der Waals surface area contributed by atoms with Crippen molar-refractivity contribution < 1.29 is 52.5 Å². The summed E-state index contributed by atoms with van der Waals surface area (Å²) in [5, 5.41) is 0. The first-order valence-electron chi connectivity index (χ1n) is 7.88. The lowest BCUT2D eigenvalue weighted by atomic mass is 10.2. The molecule has 0 saturated heterocycles. The molecule has 0 aliphatic rings. The molecule has 0 aromatic heterocycles. The quantitative estimate of drug-likeness (QED) is 0.122. The van der Waals surface area contributed by atoms with Gasteiger partial charge in [0.05, 0.1) is 6.29 Å². The molecule has 0 spiro atoms. The first-order valence-corrected chi connectivity index (χ1v) is 14.8. The molecule has 0 aliphatic carbocycles. The summed E-state index contributed by atoms with van der Waals surface area (Å²) in [5.74, 6) is 0. The monoisotopic (exact) mass is 476 g/mol. The van der Waals surface area contributed by atoms with Gasteiger partial charge in [-0.15, -0.1) is 0 Å². The average molecular weight is 476 g/mol. The van der Waals surface area contributed by atoms with Gasteiger partial charge in [-0.3, -0.25) is 28.1 Å². The van der Waals surface area contributed by atoms with Crippen molar-refractivity contribution in [1.82, 2.24) is 9.80 Å². The Bertz CT molecular complexity index is 576. The van der Waals surface area contributed by atoms with Crippen LogP contribution in [-0.4, -0.2) is 82.3 Å². The molecule has 0 heterocycles. The average Bonchev–Trinajstić information content (AvgIpc) is 2.35. The van der Waals surface area contributed by atoms with Crippen LogP contribution in [0.15, 0.2) is 0 Å². The molecule has 27 heavy (non-hydrogen) atoms. The second-order valence-electron chi connectivity index (χ2n) is 6.17. The number of rotatable bonds is 15. The van der Waals surface area contributed by atoms with Gasteiger partial charge in [-0.25, -0.2) is 0 Å². The predicted octanol–water partition coefficient (Wildman–Crippen LogP) is -0.0191. The summed E-state index contributed by atoms with van der Waals surface area (Å²) >= 11 is 0. The van der Waals surface area contributed by atoms with E-state index in [1.165, 1.54) is 4.90 Å². The molecule has 1 unspecified atom stereocenters. The number of unbranched alkanes of at least 4 members (excludes halogenated alkanes) is 3. The van der Waals surface area contributed by atoms with Gasteiger partial charge in [-0.1, -0.05) is 12.8 Å². The highest BCUT2D eigenvalue weighted by atomic mass is 31.2. The molecule has 1 atom stereocenters. The molecule has 0 saturated carbocycles. The summed E-state index contributed by atoms with van der Waals surface area (Å²) in [7, 11) is -16.2. The molecule has 164 valence electrons. The van der Waals surface area contributed by atoms with Crippen molar-refractivity contribution in [2.75, 3.05) is 38.2 Å². The zero-order chi connectivity index (χ0) is 21.3. The molecule has 0 aromatic rings. The van der Waals surface area contributed by atoms with E-state index >= 15 is 0 Å². The highest BCUT2D eigenvalue weighted by molar-refractivity contribution is 7.52. The van der Waals surface area contributed by atoms with E-state index in [0.29, 0.717) is 25.7 Å². The van der Waals surface area contributed by atoms with Crippen LogP contribution < -0.4 is 0 Å². The van der Waals surface area contributed by atoms with Crippen LogP contribution in [0.25, 0.3) is 0 Å². The SMILES string of the molecule is O=[PH](O)CN(CCCCCCN(CP(=O)(O)O)CP(=O)(O)O)CP(=O)(O)O. The van der Waals surface area contributed by atoms with Crippen LogP contribution in [0.2, 0.25) is 0 Å². The minimum atomic E-state index is -4.46. The lowest BCUT2D eigenvalue weighted by Crippen LogP contribution is -2.27. The normalized spacial score (nSPS) is 14.9. The Kier molecular flexibility index (Phi) is 12.6. The molecule has 17 heteroatoms. The van der Waals surface area contributed by atoms with Gasteiger partial charge >= 0.3 is 22.8 Å². The molecule has 0 aliphatic heterocycles. The minimum Gasteiger partial charge on any atom is -0.345 e. The fourth-order valence-corrected chi connectivity index (χ4v) is 5.67. The summed E-state index contributed by atoms with van der Waals surface area (Å²) in [6, 6.07) is 0. The van der Waals surface area contributed by atoms with E-state index in [-0.39, 0.29) is 19.4 Å². The molecular weight excluding hydrogens is 448 g/mol.